The van der Waals surface area contributed by atoms with Gasteiger partial charge >= 0.3 is 0 Å². The van der Waals surface area contributed by atoms with E-state index in [1.165, 1.54) is 22.2 Å². The number of primary amides is 1. The van der Waals surface area contributed by atoms with Crippen molar-refractivity contribution in [2.24, 2.45) is 11.7 Å². The minimum absolute atomic E-state index is 0.203. The molecule has 5 nitrogen and oxygen atoms in total. The van der Waals surface area contributed by atoms with E-state index in [-0.39, 0.29) is 11.5 Å². The molecule has 2 N–H and O–H groups in total. The van der Waals surface area contributed by atoms with E-state index in [2.05, 4.69) is 4.98 Å². The standard InChI is InChI=1S/C12H15N3O2S/c1-7(2)5-9(10(13)16)15-6-14-11-8(12(15)17)3-4-18-11/h3-4,6-7,9H,5H2,1-2H3,(H2,13,16). The summed E-state index contributed by atoms with van der Waals surface area (Å²) in [6, 6.07) is 1.09. The second-order valence-corrected chi connectivity index (χ2v) is 5.54. The fourth-order valence-corrected chi connectivity index (χ4v) is 2.63. The monoisotopic (exact) mass is 265 g/mol. The molecular formula is C12H15N3O2S. The topological polar surface area (TPSA) is 78.0 Å². The van der Waals surface area contributed by atoms with Crippen molar-refractivity contribution >= 4 is 27.5 Å². The lowest BCUT2D eigenvalue weighted by molar-refractivity contribution is -0.121. The maximum atomic E-state index is 12.2. The molecule has 0 aliphatic carbocycles. The summed E-state index contributed by atoms with van der Waals surface area (Å²) in [5, 5.41) is 2.35. The predicted octanol–water partition coefficient (Wildman–Crippen LogP) is 1.53. The molecule has 0 aromatic carbocycles. The van der Waals surface area contributed by atoms with Crippen LogP contribution in [0.1, 0.15) is 26.3 Å². The fourth-order valence-electron chi connectivity index (χ4n) is 1.91. The Kier molecular flexibility index (Phi) is 3.47. The zero-order chi connectivity index (χ0) is 13.3. The summed E-state index contributed by atoms with van der Waals surface area (Å²) < 4.78 is 1.34. The van der Waals surface area contributed by atoms with Crippen LogP contribution >= 0.6 is 11.3 Å². The van der Waals surface area contributed by atoms with Crippen molar-refractivity contribution in [3.05, 3.63) is 28.1 Å². The molecule has 0 radical (unpaired) electrons. The number of aromatic nitrogens is 2. The molecule has 0 saturated heterocycles. The highest BCUT2D eigenvalue weighted by molar-refractivity contribution is 7.16. The Bertz CT molecular complexity index is 630. The van der Waals surface area contributed by atoms with E-state index in [0.29, 0.717) is 16.6 Å². The van der Waals surface area contributed by atoms with Gasteiger partial charge in [0.05, 0.1) is 11.7 Å². The zero-order valence-electron chi connectivity index (χ0n) is 10.3. The summed E-state index contributed by atoms with van der Waals surface area (Å²) in [4.78, 5) is 28.6. The SMILES string of the molecule is CC(C)CC(C(N)=O)n1cnc2sccc2c1=O. The summed E-state index contributed by atoms with van der Waals surface area (Å²) in [6.07, 6.45) is 1.95. The molecule has 0 fully saturated rings. The third kappa shape index (κ3) is 2.28. The van der Waals surface area contributed by atoms with E-state index in [1.54, 1.807) is 6.07 Å². The van der Waals surface area contributed by atoms with Gasteiger partial charge in [-0.25, -0.2) is 4.98 Å². The number of nitrogens with two attached hydrogens (primary N) is 1. The van der Waals surface area contributed by atoms with E-state index in [9.17, 15) is 9.59 Å². The number of rotatable bonds is 4. The van der Waals surface area contributed by atoms with Gasteiger partial charge in [-0.05, 0) is 23.8 Å². The highest BCUT2D eigenvalue weighted by Gasteiger charge is 2.21. The maximum Gasteiger partial charge on any atom is 0.262 e. The molecule has 2 rings (SSSR count). The number of carbonyl (C=O) groups excluding carboxylic acids is 1. The summed E-state index contributed by atoms with van der Waals surface area (Å²) in [5.41, 5.74) is 5.18. The number of thiophene rings is 1. The third-order valence-electron chi connectivity index (χ3n) is 2.77. The first-order valence-corrected chi connectivity index (χ1v) is 6.62. The minimum Gasteiger partial charge on any atom is -0.368 e. The largest absolute Gasteiger partial charge is 0.368 e. The highest BCUT2D eigenvalue weighted by atomic mass is 32.1. The molecule has 2 aromatic rings. The van der Waals surface area contributed by atoms with Crippen LogP contribution in [-0.4, -0.2) is 15.5 Å². The third-order valence-corrected chi connectivity index (χ3v) is 3.59. The maximum absolute atomic E-state index is 12.2. The van der Waals surface area contributed by atoms with Crippen LogP contribution in [0.5, 0.6) is 0 Å². The minimum atomic E-state index is -0.630. The molecule has 2 heterocycles. The summed E-state index contributed by atoms with van der Waals surface area (Å²) >= 11 is 1.40. The van der Waals surface area contributed by atoms with Gasteiger partial charge < -0.3 is 5.73 Å². The normalized spacial score (nSPS) is 13.1. The van der Waals surface area contributed by atoms with E-state index >= 15 is 0 Å². The van der Waals surface area contributed by atoms with E-state index in [0.717, 1.165) is 0 Å². The first kappa shape index (κ1) is 12.8. The van der Waals surface area contributed by atoms with Gasteiger partial charge in [-0.2, -0.15) is 0 Å². The summed E-state index contributed by atoms with van der Waals surface area (Å²) in [5.74, 6) is -0.227. The molecular weight excluding hydrogens is 250 g/mol. The average molecular weight is 265 g/mol. The molecule has 0 aliphatic heterocycles. The van der Waals surface area contributed by atoms with Crippen molar-refractivity contribution in [3.8, 4) is 0 Å². The molecule has 0 saturated carbocycles. The Morgan fingerprint density at radius 3 is 2.89 bits per heavy atom. The zero-order valence-corrected chi connectivity index (χ0v) is 11.1. The Morgan fingerprint density at radius 2 is 2.28 bits per heavy atom. The molecule has 1 atom stereocenters. The Morgan fingerprint density at radius 1 is 1.56 bits per heavy atom. The smallest absolute Gasteiger partial charge is 0.262 e. The number of amides is 1. The lowest BCUT2D eigenvalue weighted by Gasteiger charge is -2.17. The first-order valence-electron chi connectivity index (χ1n) is 5.74. The van der Waals surface area contributed by atoms with Crippen molar-refractivity contribution in [1.29, 1.82) is 0 Å². The first-order chi connectivity index (χ1) is 8.50. The number of nitrogens with zero attached hydrogens (tertiary/aromatic N) is 2. The van der Waals surface area contributed by atoms with Crippen LogP contribution in [0.2, 0.25) is 0 Å². The number of fused-ring (bicyclic) bond motifs is 1. The van der Waals surface area contributed by atoms with Gasteiger partial charge in [0.25, 0.3) is 5.56 Å². The highest BCUT2D eigenvalue weighted by Crippen LogP contribution is 2.18. The van der Waals surface area contributed by atoms with E-state index in [1.807, 2.05) is 19.2 Å². The number of hydrogen-bond acceptors (Lipinski definition) is 4. The van der Waals surface area contributed by atoms with Gasteiger partial charge in [0.1, 0.15) is 10.9 Å². The van der Waals surface area contributed by atoms with Crippen LogP contribution in [-0.2, 0) is 4.79 Å². The van der Waals surface area contributed by atoms with E-state index < -0.39 is 11.9 Å². The van der Waals surface area contributed by atoms with Gasteiger partial charge in [0, 0.05) is 0 Å². The van der Waals surface area contributed by atoms with Gasteiger partial charge in [-0.15, -0.1) is 11.3 Å². The van der Waals surface area contributed by atoms with Crippen LogP contribution < -0.4 is 11.3 Å². The van der Waals surface area contributed by atoms with Crippen LogP contribution in [0.15, 0.2) is 22.6 Å². The average Bonchev–Trinajstić information content (AvgIpc) is 2.75. The Hall–Kier alpha value is -1.69. The van der Waals surface area contributed by atoms with Crippen LogP contribution in [0.25, 0.3) is 10.2 Å². The van der Waals surface area contributed by atoms with Crippen LogP contribution in [0.3, 0.4) is 0 Å². The van der Waals surface area contributed by atoms with Gasteiger partial charge in [0.2, 0.25) is 5.91 Å². The lowest BCUT2D eigenvalue weighted by atomic mass is 10.0. The second kappa shape index (κ2) is 4.89. The van der Waals surface area contributed by atoms with Crippen molar-refractivity contribution in [1.82, 2.24) is 9.55 Å². The van der Waals surface area contributed by atoms with Gasteiger partial charge in [0.15, 0.2) is 0 Å². The molecule has 0 aliphatic rings. The van der Waals surface area contributed by atoms with Gasteiger partial charge in [-0.1, -0.05) is 13.8 Å². The number of carbonyl (C=O) groups is 1. The predicted molar refractivity (Wildman–Crippen MR) is 71.6 cm³/mol. The number of hydrogen-bond donors (Lipinski definition) is 1. The second-order valence-electron chi connectivity index (χ2n) is 4.64. The van der Waals surface area contributed by atoms with Crippen LogP contribution in [0, 0.1) is 5.92 Å². The Labute approximate surface area is 108 Å². The van der Waals surface area contributed by atoms with Crippen molar-refractivity contribution in [3.63, 3.8) is 0 Å². The fraction of sp³-hybridized carbons (Fsp3) is 0.417. The summed E-state index contributed by atoms with van der Waals surface area (Å²) in [7, 11) is 0. The van der Waals surface area contributed by atoms with Crippen molar-refractivity contribution in [2.75, 3.05) is 0 Å². The summed E-state index contributed by atoms with van der Waals surface area (Å²) in [6.45, 7) is 3.97. The molecule has 0 bridgehead atoms. The molecule has 18 heavy (non-hydrogen) atoms. The molecule has 1 unspecified atom stereocenters. The van der Waals surface area contributed by atoms with Crippen LogP contribution in [0.4, 0.5) is 0 Å². The molecule has 1 amide bonds. The van der Waals surface area contributed by atoms with Gasteiger partial charge in [-0.3, -0.25) is 14.2 Å². The van der Waals surface area contributed by atoms with Crippen molar-refractivity contribution in [2.45, 2.75) is 26.3 Å². The lowest BCUT2D eigenvalue weighted by Crippen LogP contribution is -2.34. The quantitative estimate of drug-likeness (QED) is 0.910. The molecule has 0 spiro atoms. The van der Waals surface area contributed by atoms with Crippen molar-refractivity contribution < 1.29 is 4.79 Å². The Balaban J connectivity index is 2.53. The van der Waals surface area contributed by atoms with E-state index in [4.69, 9.17) is 5.73 Å². The molecule has 2 aromatic heterocycles. The molecule has 96 valence electrons. The molecule has 6 heteroatoms.